The van der Waals surface area contributed by atoms with Gasteiger partial charge in [-0.3, -0.25) is 4.72 Å². The topological polar surface area (TPSA) is 109 Å². The molecule has 0 radical (unpaired) electrons. The Morgan fingerprint density at radius 3 is 2.00 bits per heavy atom. The van der Waals surface area contributed by atoms with E-state index in [2.05, 4.69) is 20.7 Å². The zero-order chi connectivity index (χ0) is 21.8. The van der Waals surface area contributed by atoms with E-state index in [0.717, 1.165) is 0 Å². The lowest BCUT2D eigenvalue weighted by Crippen LogP contribution is -2.18. The standard InChI is InChI=1S/C18H20BrNO8S/c1-24-13-7-6-10(8-12(13)19)29(22,23)20-15-11(18(21)28-5)9-14(25-2)16(26-3)17(15)27-4/h6-9,20H,1-5H3. The Morgan fingerprint density at radius 1 is 0.897 bits per heavy atom. The minimum absolute atomic E-state index is 0.0385. The summed E-state index contributed by atoms with van der Waals surface area (Å²) in [5.41, 5.74) is -0.262. The summed E-state index contributed by atoms with van der Waals surface area (Å²) >= 11 is 3.25. The van der Waals surface area contributed by atoms with Gasteiger partial charge in [-0.15, -0.1) is 0 Å². The summed E-state index contributed by atoms with van der Waals surface area (Å²) in [5.74, 6) is -0.0969. The second kappa shape index (κ2) is 9.23. The number of benzene rings is 2. The fourth-order valence-electron chi connectivity index (χ4n) is 2.54. The van der Waals surface area contributed by atoms with Gasteiger partial charge in [0.25, 0.3) is 10.0 Å². The minimum Gasteiger partial charge on any atom is -0.496 e. The Kier molecular flexibility index (Phi) is 7.20. The molecule has 2 aromatic rings. The fraction of sp³-hybridized carbons (Fsp3) is 0.278. The summed E-state index contributed by atoms with van der Waals surface area (Å²) in [6.07, 6.45) is 0. The Hall–Kier alpha value is -2.66. The van der Waals surface area contributed by atoms with Crippen molar-refractivity contribution in [2.45, 2.75) is 4.90 Å². The molecular formula is C18H20BrNO8S. The first-order valence-corrected chi connectivity index (χ1v) is 10.3. The van der Waals surface area contributed by atoms with Crippen LogP contribution in [0.3, 0.4) is 0 Å². The molecule has 2 rings (SSSR count). The first-order valence-electron chi connectivity index (χ1n) is 8.01. The Labute approximate surface area is 177 Å². The lowest BCUT2D eigenvalue weighted by molar-refractivity contribution is 0.0601. The van der Waals surface area contributed by atoms with Crippen LogP contribution in [0.2, 0.25) is 0 Å². The quantitative estimate of drug-likeness (QED) is 0.563. The van der Waals surface area contributed by atoms with E-state index in [1.54, 1.807) is 0 Å². The molecule has 0 aliphatic heterocycles. The van der Waals surface area contributed by atoms with Crippen molar-refractivity contribution in [2.75, 3.05) is 40.3 Å². The maximum atomic E-state index is 13.0. The predicted molar refractivity (Wildman–Crippen MR) is 109 cm³/mol. The van der Waals surface area contributed by atoms with Crippen LogP contribution in [0.4, 0.5) is 5.69 Å². The van der Waals surface area contributed by atoms with Crippen molar-refractivity contribution in [3.8, 4) is 23.0 Å². The highest BCUT2D eigenvalue weighted by Crippen LogP contribution is 2.46. The second-order valence-electron chi connectivity index (χ2n) is 5.46. The van der Waals surface area contributed by atoms with Gasteiger partial charge in [-0.2, -0.15) is 0 Å². The van der Waals surface area contributed by atoms with Crippen molar-refractivity contribution in [2.24, 2.45) is 0 Å². The SMILES string of the molecule is COC(=O)c1cc(OC)c(OC)c(OC)c1NS(=O)(=O)c1ccc(OC)c(Br)c1. The summed E-state index contributed by atoms with van der Waals surface area (Å²) in [4.78, 5) is 12.2. The largest absolute Gasteiger partial charge is 0.496 e. The van der Waals surface area contributed by atoms with E-state index in [4.69, 9.17) is 23.7 Å². The minimum atomic E-state index is -4.12. The van der Waals surface area contributed by atoms with Gasteiger partial charge in [0, 0.05) is 6.07 Å². The lowest BCUT2D eigenvalue weighted by Gasteiger charge is -2.20. The van der Waals surface area contributed by atoms with E-state index in [1.807, 2.05) is 0 Å². The molecule has 0 aliphatic rings. The number of hydrogen-bond acceptors (Lipinski definition) is 8. The zero-order valence-corrected chi connectivity index (χ0v) is 18.8. The molecule has 158 valence electrons. The number of halogens is 1. The van der Waals surface area contributed by atoms with Crippen LogP contribution >= 0.6 is 15.9 Å². The van der Waals surface area contributed by atoms with Gasteiger partial charge >= 0.3 is 5.97 Å². The summed E-state index contributed by atoms with van der Waals surface area (Å²) in [5, 5.41) is 0. The van der Waals surface area contributed by atoms with Gasteiger partial charge < -0.3 is 23.7 Å². The third-order valence-electron chi connectivity index (χ3n) is 3.91. The summed E-state index contributed by atoms with van der Waals surface area (Å²) in [6.45, 7) is 0. The van der Waals surface area contributed by atoms with Gasteiger partial charge in [0.15, 0.2) is 11.5 Å². The average molecular weight is 490 g/mol. The van der Waals surface area contributed by atoms with Crippen LogP contribution in [0, 0.1) is 0 Å². The van der Waals surface area contributed by atoms with Gasteiger partial charge in [0.05, 0.1) is 50.5 Å². The molecule has 0 saturated carbocycles. The highest BCUT2D eigenvalue weighted by Gasteiger charge is 2.28. The van der Waals surface area contributed by atoms with Gasteiger partial charge in [-0.05, 0) is 34.1 Å². The third kappa shape index (κ3) is 4.51. The molecular weight excluding hydrogens is 470 g/mol. The normalized spacial score (nSPS) is 10.8. The maximum absolute atomic E-state index is 13.0. The van der Waals surface area contributed by atoms with Crippen molar-refractivity contribution >= 4 is 37.6 Å². The van der Waals surface area contributed by atoms with E-state index in [-0.39, 0.29) is 33.4 Å². The second-order valence-corrected chi connectivity index (χ2v) is 8.00. The highest BCUT2D eigenvalue weighted by atomic mass is 79.9. The first-order chi connectivity index (χ1) is 13.7. The summed E-state index contributed by atoms with van der Waals surface area (Å²) < 4.78 is 54.5. The number of sulfonamides is 1. The van der Waals surface area contributed by atoms with Crippen molar-refractivity contribution in [3.63, 3.8) is 0 Å². The molecule has 2 aromatic carbocycles. The number of methoxy groups -OCH3 is 5. The van der Waals surface area contributed by atoms with Gasteiger partial charge in [-0.1, -0.05) is 0 Å². The van der Waals surface area contributed by atoms with Crippen molar-refractivity contribution in [1.82, 2.24) is 0 Å². The number of anilines is 1. The Morgan fingerprint density at radius 2 is 1.52 bits per heavy atom. The molecule has 0 bridgehead atoms. The molecule has 0 amide bonds. The smallest absolute Gasteiger partial charge is 0.340 e. The number of carbonyl (C=O) groups is 1. The molecule has 0 heterocycles. The molecule has 11 heteroatoms. The maximum Gasteiger partial charge on any atom is 0.340 e. The molecule has 0 fully saturated rings. The molecule has 0 saturated heterocycles. The molecule has 1 N–H and O–H groups in total. The van der Waals surface area contributed by atoms with Gasteiger partial charge in [-0.25, -0.2) is 13.2 Å². The van der Waals surface area contributed by atoms with Gasteiger partial charge in [0.2, 0.25) is 5.75 Å². The zero-order valence-electron chi connectivity index (χ0n) is 16.4. The van der Waals surface area contributed by atoms with Gasteiger partial charge in [0.1, 0.15) is 11.4 Å². The predicted octanol–water partition coefficient (Wildman–Crippen LogP) is 3.07. The molecule has 9 nitrogen and oxygen atoms in total. The first kappa shape index (κ1) is 22.6. The van der Waals surface area contributed by atoms with Crippen LogP contribution < -0.4 is 23.7 Å². The molecule has 0 aliphatic carbocycles. The Balaban J connectivity index is 2.69. The van der Waals surface area contributed by atoms with Crippen LogP contribution in [-0.2, 0) is 14.8 Å². The summed E-state index contributed by atoms with van der Waals surface area (Å²) in [7, 11) is 2.55. The fourth-order valence-corrected chi connectivity index (χ4v) is 4.34. The Bertz CT molecular complexity index is 1020. The van der Waals surface area contributed by atoms with Crippen LogP contribution in [0.5, 0.6) is 23.0 Å². The van der Waals surface area contributed by atoms with E-state index in [9.17, 15) is 13.2 Å². The molecule has 29 heavy (non-hydrogen) atoms. The van der Waals surface area contributed by atoms with Crippen molar-refractivity contribution < 1.29 is 36.9 Å². The van der Waals surface area contributed by atoms with E-state index >= 15 is 0 Å². The number of carbonyl (C=O) groups excluding carboxylic acids is 1. The van der Waals surface area contributed by atoms with Crippen LogP contribution in [-0.4, -0.2) is 49.9 Å². The molecule has 0 atom stereocenters. The summed E-state index contributed by atoms with van der Waals surface area (Å²) in [6, 6.07) is 5.52. The highest BCUT2D eigenvalue weighted by molar-refractivity contribution is 9.10. The molecule has 0 spiro atoms. The van der Waals surface area contributed by atoms with E-state index < -0.39 is 16.0 Å². The number of rotatable bonds is 8. The van der Waals surface area contributed by atoms with E-state index in [1.165, 1.54) is 59.8 Å². The van der Waals surface area contributed by atoms with Crippen molar-refractivity contribution in [1.29, 1.82) is 0 Å². The van der Waals surface area contributed by atoms with Crippen LogP contribution in [0.15, 0.2) is 33.6 Å². The van der Waals surface area contributed by atoms with Crippen molar-refractivity contribution in [3.05, 3.63) is 34.3 Å². The average Bonchev–Trinajstić information content (AvgIpc) is 2.72. The van der Waals surface area contributed by atoms with Crippen LogP contribution in [0.1, 0.15) is 10.4 Å². The number of ether oxygens (including phenoxy) is 5. The monoisotopic (exact) mass is 489 g/mol. The number of hydrogen-bond donors (Lipinski definition) is 1. The molecule has 0 aromatic heterocycles. The third-order valence-corrected chi connectivity index (χ3v) is 5.87. The molecule has 0 unspecified atom stereocenters. The number of esters is 1. The van der Waals surface area contributed by atoms with Crippen LogP contribution in [0.25, 0.3) is 0 Å². The lowest BCUT2D eigenvalue weighted by atomic mass is 10.1. The van der Waals surface area contributed by atoms with E-state index in [0.29, 0.717) is 10.2 Å². The number of nitrogens with one attached hydrogen (secondary N) is 1.